The van der Waals surface area contributed by atoms with Gasteiger partial charge in [-0.3, -0.25) is 9.59 Å². The summed E-state index contributed by atoms with van der Waals surface area (Å²) >= 11 is 9.45. The number of benzene rings is 3. The first-order chi connectivity index (χ1) is 16.9. The van der Waals surface area contributed by atoms with Crippen LogP contribution in [0, 0.1) is 0 Å². The van der Waals surface area contributed by atoms with Crippen LogP contribution in [0.3, 0.4) is 0 Å². The number of nitrogens with one attached hydrogen (secondary N) is 2. The number of carbonyl (C=O) groups excluding carboxylic acids is 2. The summed E-state index contributed by atoms with van der Waals surface area (Å²) in [5.41, 5.74) is 4.09. The van der Waals surface area contributed by atoms with Gasteiger partial charge in [0.1, 0.15) is 12.4 Å². The van der Waals surface area contributed by atoms with Gasteiger partial charge in [-0.25, -0.2) is 5.43 Å². The molecule has 10 heteroatoms. The van der Waals surface area contributed by atoms with E-state index in [-0.39, 0.29) is 5.69 Å². The molecule has 3 rings (SSSR count). The van der Waals surface area contributed by atoms with Gasteiger partial charge in [0.2, 0.25) is 0 Å². The largest absolute Gasteiger partial charge is 0.495 e. The third kappa shape index (κ3) is 7.46. The Morgan fingerprint density at radius 3 is 2.51 bits per heavy atom. The zero-order chi connectivity index (χ0) is 25.2. The van der Waals surface area contributed by atoms with Crippen molar-refractivity contribution in [1.29, 1.82) is 0 Å². The molecule has 0 saturated heterocycles. The van der Waals surface area contributed by atoms with E-state index >= 15 is 0 Å². The molecule has 0 fully saturated rings. The van der Waals surface area contributed by atoms with Crippen LogP contribution in [0.2, 0.25) is 5.02 Å². The van der Waals surface area contributed by atoms with E-state index < -0.39 is 11.8 Å². The van der Waals surface area contributed by atoms with Gasteiger partial charge in [-0.2, -0.15) is 5.10 Å². The van der Waals surface area contributed by atoms with Crippen LogP contribution in [-0.4, -0.2) is 31.7 Å². The van der Waals surface area contributed by atoms with Gasteiger partial charge in [0, 0.05) is 5.02 Å². The number of nitrogens with zero attached hydrogens (tertiary/aromatic N) is 1. The predicted molar refractivity (Wildman–Crippen MR) is 138 cm³/mol. The van der Waals surface area contributed by atoms with Crippen molar-refractivity contribution in [1.82, 2.24) is 5.43 Å². The van der Waals surface area contributed by atoms with Crippen molar-refractivity contribution < 1.29 is 23.8 Å². The highest BCUT2D eigenvalue weighted by atomic mass is 79.9. The summed E-state index contributed by atoms with van der Waals surface area (Å²) in [6.45, 7) is 2.66. The molecule has 0 spiro atoms. The zero-order valence-corrected chi connectivity index (χ0v) is 21.4. The van der Waals surface area contributed by atoms with E-state index in [1.807, 2.05) is 37.3 Å². The lowest BCUT2D eigenvalue weighted by Gasteiger charge is -2.14. The number of carbonyl (C=O) groups is 2. The van der Waals surface area contributed by atoms with Gasteiger partial charge >= 0.3 is 11.8 Å². The molecule has 182 valence electrons. The minimum absolute atomic E-state index is 0.264. The standard InChI is InChI=1S/C25H23BrClN3O5/c1-3-34-22-12-17(11-19(26)23(22)35-15-16-7-5-4-6-8-16)14-28-30-25(32)24(31)29-20-13-18(27)9-10-21(20)33-2/h4-14H,3,15H2,1-2H3,(H,29,31)(H,30,32)/b28-14+. The molecule has 0 aliphatic heterocycles. The number of hydrogen-bond acceptors (Lipinski definition) is 6. The molecular weight excluding hydrogens is 538 g/mol. The molecule has 3 aromatic rings. The van der Waals surface area contributed by atoms with Gasteiger partial charge in [-0.15, -0.1) is 0 Å². The first-order valence-corrected chi connectivity index (χ1v) is 11.7. The molecule has 0 heterocycles. The maximum absolute atomic E-state index is 12.2. The number of methoxy groups -OCH3 is 1. The Morgan fingerprint density at radius 2 is 1.80 bits per heavy atom. The van der Waals surface area contributed by atoms with Crippen LogP contribution in [0.5, 0.6) is 17.2 Å². The molecule has 0 aromatic heterocycles. The highest BCUT2D eigenvalue weighted by Gasteiger charge is 2.16. The van der Waals surface area contributed by atoms with Crippen molar-refractivity contribution in [3.8, 4) is 17.2 Å². The second-order valence-corrected chi connectivity index (χ2v) is 8.33. The summed E-state index contributed by atoms with van der Waals surface area (Å²) < 4.78 is 17.5. The number of rotatable bonds is 9. The van der Waals surface area contributed by atoms with Gasteiger partial charge in [0.25, 0.3) is 0 Å². The van der Waals surface area contributed by atoms with Crippen molar-refractivity contribution in [2.75, 3.05) is 19.0 Å². The molecule has 2 N–H and O–H groups in total. The van der Waals surface area contributed by atoms with Gasteiger partial charge < -0.3 is 19.5 Å². The zero-order valence-electron chi connectivity index (χ0n) is 19.0. The van der Waals surface area contributed by atoms with E-state index in [1.54, 1.807) is 24.3 Å². The van der Waals surface area contributed by atoms with Gasteiger partial charge in [0.15, 0.2) is 11.5 Å². The maximum Gasteiger partial charge on any atom is 0.329 e. The Morgan fingerprint density at radius 1 is 1.03 bits per heavy atom. The van der Waals surface area contributed by atoms with Crippen LogP contribution in [-0.2, 0) is 16.2 Å². The maximum atomic E-state index is 12.2. The minimum Gasteiger partial charge on any atom is -0.495 e. The summed E-state index contributed by atoms with van der Waals surface area (Å²) in [7, 11) is 1.44. The number of ether oxygens (including phenoxy) is 3. The average Bonchev–Trinajstić information content (AvgIpc) is 2.84. The van der Waals surface area contributed by atoms with Crippen molar-refractivity contribution in [3.63, 3.8) is 0 Å². The molecule has 3 aromatic carbocycles. The molecule has 0 aliphatic carbocycles. The van der Waals surface area contributed by atoms with Crippen LogP contribution >= 0.6 is 27.5 Å². The SMILES string of the molecule is CCOc1cc(/C=N/NC(=O)C(=O)Nc2cc(Cl)ccc2OC)cc(Br)c1OCc1ccccc1. The Hall–Kier alpha value is -3.56. The Balaban J connectivity index is 1.66. The molecule has 0 unspecified atom stereocenters. The topological polar surface area (TPSA) is 98.2 Å². The fourth-order valence-electron chi connectivity index (χ4n) is 2.97. The van der Waals surface area contributed by atoms with Crippen LogP contribution in [0.1, 0.15) is 18.1 Å². The summed E-state index contributed by atoms with van der Waals surface area (Å²) in [5.74, 6) is -0.469. The van der Waals surface area contributed by atoms with Crippen molar-refractivity contribution in [3.05, 3.63) is 81.3 Å². The quantitative estimate of drug-likeness (QED) is 0.214. The van der Waals surface area contributed by atoms with Crippen LogP contribution in [0.25, 0.3) is 0 Å². The summed E-state index contributed by atoms with van der Waals surface area (Å²) in [6, 6.07) is 17.9. The Bertz CT molecular complexity index is 1220. The second kappa shape index (κ2) is 12.8. The van der Waals surface area contributed by atoms with Crippen molar-refractivity contribution in [2.45, 2.75) is 13.5 Å². The van der Waals surface area contributed by atoms with Crippen molar-refractivity contribution >= 4 is 51.2 Å². The summed E-state index contributed by atoms with van der Waals surface area (Å²) in [5, 5.41) is 6.69. The van der Waals surface area contributed by atoms with Crippen LogP contribution < -0.4 is 25.0 Å². The number of anilines is 1. The normalized spacial score (nSPS) is 10.6. The molecule has 8 nitrogen and oxygen atoms in total. The predicted octanol–water partition coefficient (Wildman–Crippen LogP) is 5.18. The highest BCUT2D eigenvalue weighted by molar-refractivity contribution is 9.10. The molecular formula is C25H23BrClN3O5. The Kier molecular flexibility index (Phi) is 9.51. The summed E-state index contributed by atoms with van der Waals surface area (Å²) in [6.07, 6.45) is 1.39. The molecule has 2 amide bonds. The smallest absolute Gasteiger partial charge is 0.329 e. The lowest BCUT2D eigenvalue weighted by molar-refractivity contribution is -0.136. The Labute approximate surface area is 216 Å². The first kappa shape index (κ1) is 26.1. The fraction of sp³-hybridized carbons (Fsp3) is 0.160. The number of hydrazone groups is 1. The molecule has 0 bridgehead atoms. The van der Waals surface area contributed by atoms with E-state index in [4.69, 9.17) is 25.8 Å². The van der Waals surface area contributed by atoms with Gasteiger partial charge in [-0.05, 0) is 64.3 Å². The molecule has 0 atom stereocenters. The van der Waals surface area contributed by atoms with E-state index in [2.05, 4.69) is 31.8 Å². The first-order valence-electron chi connectivity index (χ1n) is 10.5. The summed E-state index contributed by atoms with van der Waals surface area (Å²) in [4.78, 5) is 24.4. The van der Waals surface area contributed by atoms with E-state index in [0.29, 0.717) is 45.5 Å². The van der Waals surface area contributed by atoms with Crippen molar-refractivity contribution in [2.24, 2.45) is 5.10 Å². The van der Waals surface area contributed by atoms with Gasteiger partial charge in [-0.1, -0.05) is 41.9 Å². The van der Waals surface area contributed by atoms with Crippen LogP contribution in [0.15, 0.2) is 70.2 Å². The highest BCUT2D eigenvalue weighted by Crippen LogP contribution is 2.37. The third-order valence-electron chi connectivity index (χ3n) is 4.55. The lowest BCUT2D eigenvalue weighted by Crippen LogP contribution is -2.32. The molecule has 0 radical (unpaired) electrons. The lowest BCUT2D eigenvalue weighted by atomic mass is 10.2. The van der Waals surface area contributed by atoms with E-state index in [9.17, 15) is 9.59 Å². The average molecular weight is 561 g/mol. The van der Waals surface area contributed by atoms with E-state index in [1.165, 1.54) is 19.4 Å². The molecule has 0 aliphatic rings. The van der Waals surface area contributed by atoms with Crippen LogP contribution in [0.4, 0.5) is 5.69 Å². The molecule has 35 heavy (non-hydrogen) atoms. The number of amides is 2. The fourth-order valence-corrected chi connectivity index (χ4v) is 3.71. The van der Waals surface area contributed by atoms with Gasteiger partial charge in [0.05, 0.1) is 30.1 Å². The monoisotopic (exact) mass is 559 g/mol. The number of halogens is 2. The van der Waals surface area contributed by atoms with E-state index in [0.717, 1.165) is 5.56 Å². The minimum atomic E-state index is -0.963. The molecule has 0 saturated carbocycles. The number of hydrogen-bond donors (Lipinski definition) is 2. The second-order valence-electron chi connectivity index (χ2n) is 7.04. The third-order valence-corrected chi connectivity index (χ3v) is 5.38.